The van der Waals surface area contributed by atoms with Gasteiger partial charge in [0.1, 0.15) is 5.02 Å². The SMILES string of the molecule is CC(Nc1c(N)cc(N)c(Cl)c1F)C1CCCCC1. The van der Waals surface area contributed by atoms with E-state index in [0.29, 0.717) is 11.6 Å². The summed E-state index contributed by atoms with van der Waals surface area (Å²) < 4.78 is 14.1. The first-order valence-corrected chi connectivity index (χ1v) is 7.18. The van der Waals surface area contributed by atoms with Gasteiger partial charge >= 0.3 is 0 Å². The van der Waals surface area contributed by atoms with Crippen LogP contribution in [0.4, 0.5) is 21.5 Å². The van der Waals surface area contributed by atoms with E-state index in [1.165, 1.54) is 38.2 Å². The van der Waals surface area contributed by atoms with Crippen LogP contribution in [0.1, 0.15) is 39.0 Å². The molecule has 19 heavy (non-hydrogen) atoms. The van der Waals surface area contributed by atoms with E-state index < -0.39 is 5.82 Å². The molecule has 2 rings (SSSR count). The summed E-state index contributed by atoms with van der Waals surface area (Å²) in [7, 11) is 0. The zero-order valence-electron chi connectivity index (χ0n) is 11.2. The van der Waals surface area contributed by atoms with Crippen LogP contribution in [0.25, 0.3) is 0 Å². The summed E-state index contributed by atoms with van der Waals surface area (Å²) in [6.45, 7) is 2.07. The number of anilines is 3. The number of rotatable bonds is 3. The summed E-state index contributed by atoms with van der Waals surface area (Å²) >= 11 is 5.83. The Hall–Kier alpha value is -1.16. The van der Waals surface area contributed by atoms with E-state index in [1.54, 1.807) is 0 Å². The number of nitrogens with one attached hydrogen (secondary N) is 1. The second kappa shape index (κ2) is 5.87. The van der Waals surface area contributed by atoms with E-state index in [4.69, 9.17) is 23.1 Å². The fraction of sp³-hybridized carbons (Fsp3) is 0.571. The first-order chi connectivity index (χ1) is 9.00. The molecule has 0 saturated heterocycles. The van der Waals surface area contributed by atoms with Crippen molar-refractivity contribution in [1.82, 2.24) is 0 Å². The molecule has 0 radical (unpaired) electrons. The molecule has 1 aromatic rings. The highest BCUT2D eigenvalue weighted by atomic mass is 35.5. The van der Waals surface area contributed by atoms with E-state index in [-0.39, 0.29) is 22.4 Å². The van der Waals surface area contributed by atoms with Gasteiger partial charge in [0.05, 0.1) is 17.1 Å². The van der Waals surface area contributed by atoms with Gasteiger partial charge in [0.15, 0.2) is 5.82 Å². The van der Waals surface area contributed by atoms with E-state index >= 15 is 0 Å². The molecule has 0 bridgehead atoms. The Bertz CT molecular complexity index is 458. The van der Waals surface area contributed by atoms with Crippen molar-refractivity contribution in [3.8, 4) is 0 Å². The second-order valence-corrected chi connectivity index (χ2v) is 5.77. The van der Waals surface area contributed by atoms with Crippen molar-refractivity contribution < 1.29 is 4.39 Å². The summed E-state index contributed by atoms with van der Waals surface area (Å²) in [6.07, 6.45) is 6.15. The Morgan fingerprint density at radius 1 is 1.26 bits per heavy atom. The fourth-order valence-electron chi connectivity index (χ4n) is 2.79. The molecule has 0 heterocycles. The van der Waals surface area contributed by atoms with Gasteiger partial charge in [0.25, 0.3) is 0 Å². The van der Waals surface area contributed by atoms with Crippen LogP contribution in [0.2, 0.25) is 5.02 Å². The van der Waals surface area contributed by atoms with Crippen LogP contribution in [0, 0.1) is 11.7 Å². The molecule has 1 aromatic carbocycles. The van der Waals surface area contributed by atoms with Crippen LogP contribution in [0.3, 0.4) is 0 Å². The van der Waals surface area contributed by atoms with Crippen LogP contribution in [0.15, 0.2) is 6.07 Å². The standard InChI is InChI=1S/C14H21ClFN3/c1-8(9-5-3-2-4-6-9)19-14-11(18)7-10(17)12(15)13(14)16/h7-9,19H,2-6,17-18H2,1H3. The summed E-state index contributed by atoms with van der Waals surface area (Å²) in [5.74, 6) is 0.00528. The first-order valence-electron chi connectivity index (χ1n) is 6.80. The highest BCUT2D eigenvalue weighted by molar-refractivity contribution is 6.33. The monoisotopic (exact) mass is 285 g/mol. The predicted octanol–water partition coefficient (Wildman–Crippen LogP) is 4.02. The molecular weight excluding hydrogens is 265 g/mol. The highest BCUT2D eigenvalue weighted by Crippen LogP contribution is 2.36. The average molecular weight is 286 g/mol. The third-order valence-electron chi connectivity index (χ3n) is 3.99. The fourth-order valence-corrected chi connectivity index (χ4v) is 2.94. The lowest BCUT2D eigenvalue weighted by molar-refractivity contribution is 0.328. The lowest BCUT2D eigenvalue weighted by Gasteiger charge is -2.29. The second-order valence-electron chi connectivity index (χ2n) is 5.39. The zero-order valence-corrected chi connectivity index (χ0v) is 11.9. The van der Waals surface area contributed by atoms with Crippen molar-refractivity contribution in [3.63, 3.8) is 0 Å². The predicted molar refractivity (Wildman–Crippen MR) is 79.9 cm³/mol. The lowest BCUT2D eigenvalue weighted by Crippen LogP contribution is -2.28. The molecule has 3 nitrogen and oxygen atoms in total. The Kier molecular flexibility index (Phi) is 4.40. The third kappa shape index (κ3) is 3.06. The van der Waals surface area contributed by atoms with Crippen LogP contribution >= 0.6 is 11.6 Å². The highest BCUT2D eigenvalue weighted by Gasteiger charge is 2.22. The van der Waals surface area contributed by atoms with Gasteiger partial charge in [-0.05, 0) is 31.7 Å². The molecule has 1 aliphatic carbocycles. The van der Waals surface area contributed by atoms with E-state index in [0.717, 1.165) is 0 Å². The number of nitrogen functional groups attached to an aromatic ring is 2. The largest absolute Gasteiger partial charge is 0.397 e. The quantitative estimate of drug-likeness (QED) is 0.735. The molecule has 1 atom stereocenters. The Morgan fingerprint density at radius 2 is 1.89 bits per heavy atom. The van der Waals surface area contributed by atoms with Crippen LogP contribution in [-0.4, -0.2) is 6.04 Å². The van der Waals surface area contributed by atoms with Crippen molar-refractivity contribution in [2.75, 3.05) is 16.8 Å². The number of benzene rings is 1. The number of halogens is 2. The molecule has 106 valence electrons. The lowest BCUT2D eigenvalue weighted by atomic mass is 9.84. The van der Waals surface area contributed by atoms with Crippen molar-refractivity contribution in [1.29, 1.82) is 0 Å². The summed E-state index contributed by atoms with van der Waals surface area (Å²) in [5, 5.41) is 3.11. The zero-order chi connectivity index (χ0) is 14.0. The maximum Gasteiger partial charge on any atom is 0.169 e. The maximum absolute atomic E-state index is 14.1. The molecule has 0 spiro atoms. The number of hydrogen-bond donors (Lipinski definition) is 3. The topological polar surface area (TPSA) is 64.1 Å². The van der Waals surface area contributed by atoms with Gasteiger partial charge in [0, 0.05) is 6.04 Å². The smallest absolute Gasteiger partial charge is 0.169 e. The molecular formula is C14H21ClFN3. The Balaban J connectivity index is 2.16. The first kappa shape index (κ1) is 14.3. The number of nitrogens with two attached hydrogens (primary N) is 2. The minimum absolute atomic E-state index is 0.0625. The molecule has 0 aromatic heterocycles. The molecule has 1 aliphatic rings. The van der Waals surface area contributed by atoms with Gasteiger partial charge < -0.3 is 16.8 Å². The van der Waals surface area contributed by atoms with Gasteiger partial charge in [0.2, 0.25) is 0 Å². The van der Waals surface area contributed by atoms with Crippen molar-refractivity contribution in [2.45, 2.75) is 45.1 Å². The van der Waals surface area contributed by atoms with Gasteiger partial charge in [-0.2, -0.15) is 0 Å². The molecule has 5 heteroatoms. The van der Waals surface area contributed by atoms with Gasteiger partial charge in [-0.15, -0.1) is 0 Å². The molecule has 1 unspecified atom stereocenters. The minimum atomic E-state index is -0.554. The third-order valence-corrected chi connectivity index (χ3v) is 4.38. The van der Waals surface area contributed by atoms with E-state index in [1.807, 2.05) is 0 Å². The van der Waals surface area contributed by atoms with Crippen LogP contribution < -0.4 is 16.8 Å². The van der Waals surface area contributed by atoms with Crippen molar-refractivity contribution in [3.05, 3.63) is 16.9 Å². The maximum atomic E-state index is 14.1. The molecule has 0 aliphatic heterocycles. The molecule has 5 N–H and O–H groups in total. The van der Waals surface area contributed by atoms with Gasteiger partial charge in [-0.3, -0.25) is 0 Å². The molecule has 1 saturated carbocycles. The summed E-state index contributed by atoms with van der Waals surface area (Å²) in [5.41, 5.74) is 12.2. The Labute approximate surface area is 118 Å². The minimum Gasteiger partial charge on any atom is -0.397 e. The summed E-state index contributed by atoms with van der Waals surface area (Å²) in [4.78, 5) is 0. The normalized spacial score (nSPS) is 18.3. The van der Waals surface area contributed by atoms with Crippen molar-refractivity contribution >= 4 is 28.7 Å². The average Bonchev–Trinajstić information content (AvgIpc) is 2.42. The molecule has 1 fully saturated rings. The van der Waals surface area contributed by atoms with Gasteiger partial charge in [-0.25, -0.2) is 4.39 Å². The van der Waals surface area contributed by atoms with E-state index in [9.17, 15) is 4.39 Å². The van der Waals surface area contributed by atoms with Gasteiger partial charge in [-0.1, -0.05) is 30.9 Å². The number of hydrogen-bond acceptors (Lipinski definition) is 3. The summed E-state index contributed by atoms with van der Waals surface area (Å²) in [6, 6.07) is 1.68. The van der Waals surface area contributed by atoms with Crippen molar-refractivity contribution in [2.24, 2.45) is 5.92 Å². The van der Waals surface area contributed by atoms with E-state index in [2.05, 4.69) is 12.2 Å². The van der Waals surface area contributed by atoms with Crippen LogP contribution in [-0.2, 0) is 0 Å². The Morgan fingerprint density at radius 3 is 2.53 bits per heavy atom. The molecule has 0 amide bonds. The van der Waals surface area contributed by atoms with Crippen LogP contribution in [0.5, 0.6) is 0 Å².